The number of methoxy groups -OCH3 is 1. The Balaban J connectivity index is 2.06. The molecule has 0 saturated heterocycles. The third-order valence-electron chi connectivity index (χ3n) is 2.78. The summed E-state index contributed by atoms with van der Waals surface area (Å²) < 4.78 is 31.5. The molecule has 0 spiro atoms. The summed E-state index contributed by atoms with van der Waals surface area (Å²) in [6.07, 6.45) is 1.39. The van der Waals surface area contributed by atoms with Crippen molar-refractivity contribution in [2.75, 3.05) is 11.8 Å². The van der Waals surface area contributed by atoms with Crippen LogP contribution in [0.15, 0.2) is 42.6 Å². The van der Waals surface area contributed by atoms with Crippen LogP contribution in [0, 0.1) is 0 Å². The van der Waals surface area contributed by atoms with Crippen molar-refractivity contribution in [2.24, 2.45) is 0 Å². The second-order valence-corrected chi connectivity index (χ2v) is 6.15. The number of ether oxygens (including phenoxy) is 1. The van der Waals surface area contributed by atoms with Crippen molar-refractivity contribution in [1.29, 1.82) is 0 Å². The Hall–Kier alpha value is -2.12. The van der Waals surface area contributed by atoms with Crippen molar-refractivity contribution in [3.8, 4) is 5.88 Å². The molecule has 0 unspecified atom stereocenters. The van der Waals surface area contributed by atoms with E-state index in [4.69, 9.17) is 9.84 Å². The maximum absolute atomic E-state index is 12.1. The lowest BCUT2D eigenvalue weighted by molar-refractivity contribution is 0.282. The summed E-state index contributed by atoms with van der Waals surface area (Å²) in [6.45, 7) is -0.0667. The number of rotatable bonds is 6. The molecular weight excluding hydrogens is 292 g/mol. The van der Waals surface area contributed by atoms with E-state index < -0.39 is 10.0 Å². The molecule has 0 atom stereocenters. The zero-order chi connectivity index (χ0) is 15.3. The molecule has 1 heterocycles. The SMILES string of the molecule is COc1ccc(NS(=O)(=O)Cc2ccc(CO)cc2)cn1. The molecule has 0 radical (unpaired) electrons. The fourth-order valence-electron chi connectivity index (χ4n) is 1.74. The molecule has 112 valence electrons. The average molecular weight is 308 g/mol. The zero-order valence-corrected chi connectivity index (χ0v) is 12.3. The van der Waals surface area contributed by atoms with Gasteiger partial charge < -0.3 is 9.84 Å². The lowest BCUT2D eigenvalue weighted by atomic mass is 10.2. The number of aliphatic hydroxyl groups excluding tert-OH is 1. The van der Waals surface area contributed by atoms with Gasteiger partial charge in [-0.3, -0.25) is 4.72 Å². The fraction of sp³-hybridized carbons (Fsp3) is 0.214. The van der Waals surface area contributed by atoms with Gasteiger partial charge in [-0.05, 0) is 17.2 Å². The molecule has 2 aromatic rings. The van der Waals surface area contributed by atoms with Crippen LogP contribution in [0.5, 0.6) is 5.88 Å². The first kappa shape index (κ1) is 15.3. The zero-order valence-electron chi connectivity index (χ0n) is 11.5. The van der Waals surface area contributed by atoms with Gasteiger partial charge in [0, 0.05) is 6.07 Å². The number of nitrogens with zero attached hydrogens (tertiary/aromatic N) is 1. The van der Waals surface area contributed by atoms with Gasteiger partial charge in [0.15, 0.2) is 0 Å². The highest BCUT2D eigenvalue weighted by molar-refractivity contribution is 7.91. The molecule has 1 aromatic heterocycles. The maximum Gasteiger partial charge on any atom is 0.236 e. The lowest BCUT2D eigenvalue weighted by Crippen LogP contribution is -2.15. The van der Waals surface area contributed by atoms with E-state index in [0.29, 0.717) is 17.1 Å². The quantitative estimate of drug-likeness (QED) is 0.844. The van der Waals surface area contributed by atoms with E-state index in [1.807, 2.05) is 0 Å². The van der Waals surface area contributed by atoms with Gasteiger partial charge in [-0.1, -0.05) is 24.3 Å². The minimum Gasteiger partial charge on any atom is -0.481 e. The number of nitrogens with one attached hydrogen (secondary N) is 1. The van der Waals surface area contributed by atoms with Gasteiger partial charge in [0.2, 0.25) is 15.9 Å². The van der Waals surface area contributed by atoms with Gasteiger partial charge in [0.1, 0.15) is 0 Å². The summed E-state index contributed by atoms with van der Waals surface area (Å²) in [5.74, 6) is 0.266. The second-order valence-electron chi connectivity index (χ2n) is 4.42. The Morgan fingerprint density at radius 2 is 1.81 bits per heavy atom. The van der Waals surface area contributed by atoms with Crippen molar-refractivity contribution in [3.63, 3.8) is 0 Å². The minimum atomic E-state index is -3.52. The Morgan fingerprint density at radius 1 is 1.14 bits per heavy atom. The van der Waals surface area contributed by atoms with E-state index in [-0.39, 0.29) is 12.4 Å². The summed E-state index contributed by atoms with van der Waals surface area (Å²) in [5.41, 5.74) is 1.76. The predicted molar refractivity (Wildman–Crippen MR) is 79.4 cm³/mol. The molecule has 0 aliphatic heterocycles. The number of pyridine rings is 1. The first-order valence-electron chi connectivity index (χ1n) is 6.21. The van der Waals surface area contributed by atoms with Crippen LogP contribution in [0.25, 0.3) is 0 Å². The van der Waals surface area contributed by atoms with Gasteiger partial charge in [0.25, 0.3) is 0 Å². The third-order valence-corrected chi connectivity index (χ3v) is 4.04. The van der Waals surface area contributed by atoms with Gasteiger partial charge in [-0.15, -0.1) is 0 Å². The topological polar surface area (TPSA) is 88.5 Å². The number of hydrogen-bond donors (Lipinski definition) is 2. The van der Waals surface area contributed by atoms with Crippen molar-refractivity contribution in [3.05, 3.63) is 53.7 Å². The number of aliphatic hydroxyl groups is 1. The smallest absolute Gasteiger partial charge is 0.236 e. The molecule has 0 saturated carbocycles. The van der Waals surface area contributed by atoms with Crippen LogP contribution in [0.2, 0.25) is 0 Å². The maximum atomic E-state index is 12.1. The number of aromatic nitrogens is 1. The van der Waals surface area contributed by atoms with Crippen molar-refractivity contribution in [1.82, 2.24) is 4.98 Å². The normalized spacial score (nSPS) is 11.1. The van der Waals surface area contributed by atoms with Crippen LogP contribution in [0.1, 0.15) is 11.1 Å². The van der Waals surface area contributed by atoms with Crippen LogP contribution in [0.4, 0.5) is 5.69 Å². The molecule has 2 N–H and O–H groups in total. The van der Waals surface area contributed by atoms with Crippen LogP contribution >= 0.6 is 0 Å². The highest BCUT2D eigenvalue weighted by atomic mass is 32.2. The van der Waals surface area contributed by atoms with Crippen molar-refractivity contribution < 1.29 is 18.3 Å². The van der Waals surface area contributed by atoms with E-state index in [2.05, 4.69) is 9.71 Å². The monoisotopic (exact) mass is 308 g/mol. The predicted octanol–water partition coefficient (Wildman–Crippen LogP) is 1.52. The molecule has 21 heavy (non-hydrogen) atoms. The number of hydrogen-bond acceptors (Lipinski definition) is 5. The van der Waals surface area contributed by atoms with Crippen LogP contribution in [-0.4, -0.2) is 25.6 Å². The van der Waals surface area contributed by atoms with Crippen molar-refractivity contribution >= 4 is 15.7 Å². The largest absolute Gasteiger partial charge is 0.481 e. The Labute approximate surface area is 123 Å². The molecule has 6 nitrogen and oxygen atoms in total. The summed E-state index contributed by atoms with van der Waals surface area (Å²) in [4.78, 5) is 3.93. The third kappa shape index (κ3) is 4.44. The molecule has 0 fully saturated rings. The van der Waals surface area contributed by atoms with Gasteiger partial charge in [0.05, 0.1) is 31.4 Å². The van der Waals surface area contributed by atoms with E-state index in [9.17, 15) is 8.42 Å². The summed E-state index contributed by atoms with van der Waals surface area (Å²) in [6, 6.07) is 9.90. The van der Waals surface area contributed by atoms with Crippen LogP contribution in [0.3, 0.4) is 0 Å². The fourth-order valence-corrected chi connectivity index (χ4v) is 2.92. The van der Waals surface area contributed by atoms with Crippen molar-refractivity contribution in [2.45, 2.75) is 12.4 Å². The molecule has 0 amide bonds. The van der Waals surface area contributed by atoms with Gasteiger partial charge in [-0.25, -0.2) is 13.4 Å². The van der Waals surface area contributed by atoms with Gasteiger partial charge >= 0.3 is 0 Å². The Morgan fingerprint density at radius 3 is 2.33 bits per heavy atom. The molecule has 7 heteroatoms. The molecule has 1 aromatic carbocycles. The highest BCUT2D eigenvalue weighted by Crippen LogP contribution is 2.15. The molecule has 0 bridgehead atoms. The van der Waals surface area contributed by atoms with Gasteiger partial charge in [-0.2, -0.15) is 0 Å². The molecule has 0 aliphatic carbocycles. The van der Waals surface area contributed by atoms with E-state index in [1.54, 1.807) is 36.4 Å². The van der Waals surface area contributed by atoms with E-state index in [1.165, 1.54) is 13.3 Å². The van der Waals surface area contributed by atoms with E-state index in [0.717, 1.165) is 5.56 Å². The molecule has 0 aliphatic rings. The molecule has 2 rings (SSSR count). The highest BCUT2D eigenvalue weighted by Gasteiger charge is 2.12. The summed E-state index contributed by atoms with van der Waals surface area (Å²) >= 11 is 0. The first-order chi connectivity index (χ1) is 10.0. The molecular formula is C14H16N2O4S. The summed E-state index contributed by atoms with van der Waals surface area (Å²) in [7, 11) is -2.03. The number of benzene rings is 1. The van der Waals surface area contributed by atoms with Crippen LogP contribution in [-0.2, 0) is 22.4 Å². The average Bonchev–Trinajstić information content (AvgIpc) is 2.48. The second kappa shape index (κ2) is 6.55. The Kier molecular flexibility index (Phi) is 4.77. The van der Waals surface area contributed by atoms with E-state index >= 15 is 0 Å². The minimum absolute atomic E-state index is 0.0667. The lowest BCUT2D eigenvalue weighted by Gasteiger charge is -2.08. The number of sulfonamides is 1. The van der Waals surface area contributed by atoms with Crippen LogP contribution < -0.4 is 9.46 Å². The number of anilines is 1. The standard InChI is InChI=1S/C14H16N2O4S/c1-20-14-7-6-13(8-15-14)16-21(18,19)10-12-4-2-11(9-17)3-5-12/h2-8,16-17H,9-10H2,1H3. The first-order valence-corrected chi connectivity index (χ1v) is 7.87. The Bertz CT molecular complexity index is 626. The summed E-state index contributed by atoms with van der Waals surface area (Å²) in [5, 5.41) is 8.95.